The summed E-state index contributed by atoms with van der Waals surface area (Å²) in [5, 5.41) is 3.02. The van der Waals surface area contributed by atoms with Crippen LogP contribution in [0.5, 0.6) is 0 Å². The zero-order chi connectivity index (χ0) is 57.2. The van der Waals surface area contributed by atoms with Gasteiger partial charge in [0.1, 0.15) is 19.3 Å². The number of carbonyl (C=O) groups excluding carboxylic acids is 2. The van der Waals surface area contributed by atoms with Crippen LogP contribution < -0.4 is 10.2 Å². The van der Waals surface area contributed by atoms with E-state index in [1.165, 1.54) is 141 Å². The van der Waals surface area contributed by atoms with E-state index in [4.69, 9.17) is 13.8 Å². The highest BCUT2D eigenvalue weighted by molar-refractivity contribution is 7.45. The lowest BCUT2D eigenvalue weighted by atomic mass is 10.0. The fraction of sp³-hybridized carbons (Fsp3) is 0.765. The molecule has 0 aromatic heterocycles. The maximum atomic E-state index is 13.5. The molecule has 0 aliphatic rings. The van der Waals surface area contributed by atoms with Gasteiger partial charge in [-0.3, -0.25) is 14.2 Å². The highest BCUT2D eigenvalue weighted by Crippen LogP contribution is 2.38. The Morgan fingerprint density at radius 1 is 0.449 bits per heavy atom. The maximum absolute atomic E-state index is 13.5. The first-order valence-electron chi connectivity index (χ1n) is 32.4. The minimum absolute atomic E-state index is 0.0290. The zero-order valence-corrected chi connectivity index (χ0v) is 52.5. The second-order valence-corrected chi connectivity index (χ2v) is 24.3. The second kappa shape index (κ2) is 57.4. The van der Waals surface area contributed by atoms with E-state index in [1.807, 2.05) is 33.3 Å². The predicted octanol–water partition coefficient (Wildman–Crippen LogP) is 19.5. The van der Waals surface area contributed by atoms with Gasteiger partial charge >= 0.3 is 5.97 Å². The third-order valence-electron chi connectivity index (χ3n) is 14.0. The molecule has 0 spiro atoms. The van der Waals surface area contributed by atoms with Gasteiger partial charge in [-0.15, -0.1) is 0 Å². The SMILES string of the molecule is CCCCC/C=C\C/C=C\C/C=C\C/C=C\CCCCCCCCCC(=O)OC(/C=C\CCCCCCCCCCCC)C(COP(=O)([O-])OCC[N+](C)(C)C)NC(=O)CCCCCCCCC/C=C\C/C=C\CCCCC. The summed E-state index contributed by atoms with van der Waals surface area (Å²) < 4.78 is 30.3. The van der Waals surface area contributed by atoms with Crippen molar-refractivity contribution in [1.29, 1.82) is 0 Å². The summed E-state index contributed by atoms with van der Waals surface area (Å²) in [4.78, 5) is 40.0. The monoisotopic (exact) mass is 1110 g/mol. The number of hydrogen-bond donors (Lipinski definition) is 1. The lowest BCUT2D eigenvalue weighted by Gasteiger charge is -2.30. The van der Waals surface area contributed by atoms with E-state index in [-0.39, 0.29) is 24.9 Å². The predicted molar refractivity (Wildman–Crippen MR) is 335 cm³/mol. The molecule has 0 bridgehead atoms. The van der Waals surface area contributed by atoms with E-state index in [0.717, 1.165) is 103 Å². The van der Waals surface area contributed by atoms with Gasteiger partial charge in [-0.25, -0.2) is 0 Å². The molecule has 0 saturated carbocycles. The second-order valence-electron chi connectivity index (χ2n) is 22.9. The molecule has 0 aromatic rings. The minimum Gasteiger partial charge on any atom is -0.756 e. The third-order valence-corrected chi connectivity index (χ3v) is 15.0. The van der Waals surface area contributed by atoms with Crippen molar-refractivity contribution in [3.05, 3.63) is 85.1 Å². The number of phosphoric acid groups is 1. The molecular weight excluding hydrogens is 988 g/mol. The first-order chi connectivity index (χ1) is 37.9. The number of carbonyl (C=O) groups is 2. The number of phosphoric ester groups is 1. The molecular formula is C68H123N2O7P. The van der Waals surface area contributed by atoms with Crippen molar-refractivity contribution in [2.75, 3.05) is 40.9 Å². The Morgan fingerprint density at radius 3 is 1.19 bits per heavy atom. The number of ether oxygens (including phenoxy) is 1. The quantitative estimate of drug-likeness (QED) is 0.0212. The standard InChI is InChI=1S/C68H123N2O7P/c1-7-10-13-16-19-22-25-28-30-32-33-34-35-36-37-39-41-43-46-49-52-55-58-61-68(72)77-66(59-56-53-50-47-44-27-24-21-18-15-12-9-3)65(64-76-78(73,74)75-63-62-70(4,5)6)69-67(71)60-57-54-51-48-45-42-40-38-31-29-26-23-20-17-14-11-8-2/h19-20,22-23,28-31,33-34,36-37,56,59,65-66H,7-18,21,24-27,32,35,38-55,57-58,60-64H2,1-6H3,(H-,69,71,73,74)/b22-19-,23-20-,30-28-,31-29-,34-33-,37-36-,59-56-. The lowest BCUT2D eigenvalue weighted by Crippen LogP contribution is -2.47. The van der Waals surface area contributed by atoms with Crippen molar-refractivity contribution in [3.8, 4) is 0 Å². The molecule has 10 heteroatoms. The Hall–Kier alpha value is -2.81. The van der Waals surface area contributed by atoms with Crippen LogP contribution in [0.4, 0.5) is 0 Å². The van der Waals surface area contributed by atoms with Crippen molar-refractivity contribution in [2.45, 2.75) is 296 Å². The van der Waals surface area contributed by atoms with E-state index < -0.39 is 26.6 Å². The number of allylic oxidation sites excluding steroid dienone is 13. The topological polar surface area (TPSA) is 114 Å². The van der Waals surface area contributed by atoms with Gasteiger partial charge in [0.2, 0.25) is 5.91 Å². The highest BCUT2D eigenvalue weighted by atomic mass is 31.2. The number of esters is 1. The van der Waals surface area contributed by atoms with Gasteiger partial charge in [-0.05, 0) is 109 Å². The summed E-state index contributed by atoms with van der Waals surface area (Å²) in [5.74, 6) is -0.561. The van der Waals surface area contributed by atoms with Crippen LogP contribution in [0.3, 0.4) is 0 Å². The van der Waals surface area contributed by atoms with E-state index in [9.17, 15) is 19.0 Å². The third kappa shape index (κ3) is 57.9. The van der Waals surface area contributed by atoms with Crippen LogP contribution in [-0.4, -0.2) is 69.4 Å². The van der Waals surface area contributed by atoms with Gasteiger partial charge in [0.05, 0.1) is 33.8 Å². The van der Waals surface area contributed by atoms with Gasteiger partial charge in [0, 0.05) is 12.8 Å². The van der Waals surface area contributed by atoms with Crippen LogP contribution >= 0.6 is 7.82 Å². The Bertz CT molecular complexity index is 1610. The summed E-state index contributed by atoms with van der Waals surface area (Å²) in [5.41, 5.74) is 0. The molecule has 1 amide bonds. The van der Waals surface area contributed by atoms with Crippen molar-refractivity contribution in [1.82, 2.24) is 5.32 Å². The molecule has 0 aromatic carbocycles. The van der Waals surface area contributed by atoms with Gasteiger partial charge in [-0.1, -0.05) is 247 Å². The van der Waals surface area contributed by atoms with Crippen LogP contribution in [0.15, 0.2) is 85.1 Å². The van der Waals surface area contributed by atoms with Crippen LogP contribution in [0.2, 0.25) is 0 Å². The normalized spacial score (nSPS) is 14.2. The molecule has 3 atom stereocenters. The van der Waals surface area contributed by atoms with Crippen molar-refractivity contribution in [3.63, 3.8) is 0 Å². The van der Waals surface area contributed by atoms with E-state index in [2.05, 4.69) is 99.0 Å². The Labute approximate surface area is 482 Å². The molecule has 1 N–H and O–H groups in total. The largest absolute Gasteiger partial charge is 0.756 e. The summed E-state index contributed by atoms with van der Waals surface area (Å²) in [6.07, 6.45) is 75.4. The Kier molecular flexibility index (Phi) is 55.4. The summed E-state index contributed by atoms with van der Waals surface area (Å²) in [7, 11) is 1.17. The molecule has 0 aliphatic carbocycles. The van der Waals surface area contributed by atoms with E-state index in [0.29, 0.717) is 23.9 Å². The smallest absolute Gasteiger partial charge is 0.306 e. The summed E-state index contributed by atoms with van der Waals surface area (Å²) in [6, 6.07) is -0.901. The molecule has 78 heavy (non-hydrogen) atoms. The summed E-state index contributed by atoms with van der Waals surface area (Å²) in [6.45, 7) is 6.78. The van der Waals surface area contributed by atoms with Gasteiger partial charge in [0.15, 0.2) is 0 Å². The first-order valence-corrected chi connectivity index (χ1v) is 33.9. The van der Waals surface area contributed by atoms with Crippen molar-refractivity contribution >= 4 is 19.7 Å². The fourth-order valence-corrected chi connectivity index (χ4v) is 9.73. The molecule has 0 radical (unpaired) electrons. The number of hydrogen-bond acceptors (Lipinski definition) is 7. The molecule has 0 heterocycles. The van der Waals surface area contributed by atoms with Crippen molar-refractivity contribution in [2.24, 2.45) is 0 Å². The Morgan fingerprint density at radius 2 is 0.782 bits per heavy atom. The van der Waals surface area contributed by atoms with Crippen molar-refractivity contribution < 1.29 is 37.3 Å². The molecule has 3 unspecified atom stereocenters. The van der Waals surface area contributed by atoms with Gasteiger partial charge < -0.3 is 28.5 Å². The molecule has 0 saturated heterocycles. The Balaban J connectivity index is 5.23. The average Bonchev–Trinajstić information content (AvgIpc) is 3.40. The highest BCUT2D eigenvalue weighted by Gasteiger charge is 2.27. The van der Waals surface area contributed by atoms with E-state index in [1.54, 1.807) is 0 Å². The van der Waals surface area contributed by atoms with E-state index >= 15 is 0 Å². The van der Waals surface area contributed by atoms with Crippen LogP contribution in [0.25, 0.3) is 0 Å². The van der Waals surface area contributed by atoms with Crippen LogP contribution in [-0.2, 0) is 27.9 Å². The number of quaternary nitrogens is 1. The van der Waals surface area contributed by atoms with Gasteiger partial charge in [0.25, 0.3) is 7.82 Å². The lowest BCUT2D eigenvalue weighted by molar-refractivity contribution is -0.870. The summed E-state index contributed by atoms with van der Waals surface area (Å²) >= 11 is 0. The van der Waals surface area contributed by atoms with Crippen LogP contribution in [0.1, 0.15) is 284 Å². The fourth-order valence-electron chi connectivity index (χ4n) is 9.01. The minimum atomic E-state index is -4.71. The number of likely N-dealkylation sites (N-methyl/N-ethyl adjacent to an activating group) is 1. The molecule has 452 valence electrons. The number of amides is 1. The maximum Gasteiger partial charge on any atom is 0.306 e. The first kappa shape index (κ1) is 75.2. The molecule has 0 aliphatic heterocycles. The van der Waals surface area contributed by atoms with Crippen LogP contribution in [0, 0.1) is 0 Å². The number of nitrogens with zero attached hydrogens (tertiary/aromatic N) is 1. The number of nitrogens with one attached hydrogen (secondary N) is 1. The zero-order valence-electron chi connectivity index (χ0n) is 51.6. The average molecular weight is 1110 g/mol. The number of rotatable bonds is 58. The molecule has 0 rings (SSSR count). The van der Waals surface area contributed by atoms with Gasteiger partial charge in [-0.2, -0.15) is 0 Å². The number of unbranched alkanes of at least 4 members (excludes halogenated alkanes) is 30. The molecule has 9 nitrogen and oxygen atoms in total. The molecule has 0 fully saturated rings.